The third-order valence-corrected chi connectivity index (χ3v) is 7.43. The van der Waals surface area contributed by atoms with E-state index in [1.54, 1.807) is 21.3 Å². The maximum Gasteiger partial charge on any atom is 0.315 e. The predicted molar refractivity (Wildman–Crippen MR) is 128 cm³/mol. The van der Waals surface area contributed by atoms with Crippen LogP contribution in [-0.2, 0) is 12.0 Å². The first-order valence-electron chi connectivity index (χ1n) is 11.6. The number of likely N-dealkylation sites (tertiary alicyclic amines) is 1. The van der Waals surface area contributed by atoms with Gasteiger partial charge in [0.2, 0.25) is 0 Å². The van der Waals surface area contributed by atoms with Crippen molar-refractivity contribution in [1.29, 1.82) is 0 Å². The monoisotopic (exact) mass is 453 g/mol. The lowest BCUT2D eigenvalue weighted by Gasteiger charge is -2.45. The Balaban J connectivity index is 1.40. The van der Waals surface area contributed by atoms with Crippen molar-refractivity contribution in [3.63, 3.8) is 0 Å². The van der Waals surface area contributed by atoms with Gasteiger partial charge in [-0.1, -0.05) is 18.2 Å². The molecule has 2 aromatic rings. The highest BCUT2D eigenvalue weighted by Crippen LogP contribution is 2.49. The summed E-state index contributed by atoms with van der Waals surface area (Å²) in [6, 6.07) is 14.5. The van der Waals surface area contributed by atoms with E-state index >= 15 is 0 Å². The fraction of sp³-hybridized carbons (Fsp3) is 0.500. The van der Waals surface area contributed by atoms with Crippen LogP contribution >= 0.6 is 0 Å². The minimum absolute atomic E-state index is 0.0754. The number of rotatable bonds is 7. The van der Waals surface area contributed by atoms with E-state index in [0.717, 1.165) is 55.0 Å². The van der Waals surface area contributed by atoms with Crippen molar-refractivity contribution in [2.24, 2.45) is 0 Å². The van der Waals surface area contributed by atoms with Crippen molar-refractivity contribution >= 4 is 6.03 Å². The minimum Gasteiger partial charge on any atom is -0.497 e. The molecule has 1 saturated heterocycles. The van der Waals surface area contributed by atoms with Crippen LogP contribution in [-0.4, -0.2) is 57.9 Å². The van der Waals surface area contributed by atoms with Crippen molar-refractivity contribution in [3.8, 4) is 17.2 Å². The van der Waals surface area contributed by atoms with Crippen LogP contribution < -0.4 is 24.8 Å². The Hall–Kier alpha value is -2.93. The van der Waals surface area contributed by atoms with Gasteiger partial charge in [-0.2, -0.15) is 0 Å². The molecule has 2 amide bonds. The van der Waals surface area contributed by atoms with E-state index in [4.69, 9.17) is 14.2 Å². The zero-order valence-corrected chi connectivity index (χ0v) is 20.0. The predicted octanol–water partition coefficient (Wildman–Crippen LogP) is 3.71. The highest BCUT2D eigenvalue weighted by Gasteiger charge is 2.50. The number of nitrogens with one attached hydrogen (secondary N) is 2. The largest absolute Gasteiger partial charge is 0.497 e. The molecule has 33 heavy (non-hydrogen) atoms. The minimum atomic E-state index is -0.116. The number of urea groups is 1. The number of nitrogens with zero attached hydrogens (tertiary/aromatic N) is 1. The molecular weight excluding hydrogens is 418 g/mol. The zero-order chi connectivity index (χ0) is 23.4. The molecule has 0 unspecified atom stereocenters. The lowest BCUT2D eigenvalue weighted by molar-refractivity contribution is 0.154. The van der Waals surface area contributed by atoms with Crippen LogP contribution in [0.2, 0.25) is 0 Å². The Labute approximate surface area is 196 Å². The van der Waals surface area contributed by atoms with Gasteiger partial charge in [0, 0.05) is 24.0 Å². The molecule has 7 nitrogen and oxygen atoms in total. The molecule has 7 heteroatoms. The quantitative estimate of drug-likeness (QED) is 0.669. The zero-order valence-electron chi connectivity index (χ0n) is 20.0. The number of methoxy groups -OCH3 is 3. The van der Waals surface area contributed by atoms with Crippen LogP contribution in [0, 0.1) is 0 Å². The first kappa shape index (κ1) is 23.2. The molecule has 2 aliphatic rings. The Morgan fingerprint density at radius 1 is 1.03 bits per heavy atom. The molecular formula is C26H35N3O4. The third-order valence-electron chi connectivity index (χ3n) is 7.43. The summed E-state index contributed by atoms with van der Waals surface area (Å²) in [6.07, 6.45) is 4.02. The number of ether oxygens (including phenoxy) is 3. The molecule has 2 N–H and O–H groups in total. The molecule has 1 aliphatic carbocycles. The number of hydrogen-bond donors (Lipinski definition) is 2. The molecule has 3 atom stereocenters. The molecule has 0 bridgehead atoms. The normalized spacial score (nSPS) is 24.6. The van der Waals surface area contributed by atoms with Crippen molar-refractivity contribution in [2.45, 2.75) is 49.7 Å². The van der Waals surface area contributed by atoms with Crippen LogP contribution in [0.25, 0.3) is 0 Å². The Bertz CT molecular complexity index is 965. The van der Waals surface area contributed by atoms with Crippen LogP contribution in [0.1, 0.15) is 36.8 Å². The van der Waals surface area contributed by atoms with Gasteiger partial charge in [0.15, 0.2) is 11.5 Å². The van der Waals surface area contributed by atoms with Crippen LogP contribution in [0.15, 0.2) is 42.5 Å². The molecule has 0 radical (unpaired) electrons. The van der Waals surface area contributed by atoms with E-state index in [2.05, 4.69) is 34.7 Å². The van der Waals surface area contributed by atoms with Crippen molar-refractivity contribution in [3.05, 3.63) is 53.6 Å². The first-order chi connectivity index (χ1) is 16.0. The summed E-state index contributed by atoms with van der Waals surface area (Å²) in [6.45, 7) is 1.54. The third kappa shape index (κ3) is 4.74. The SMILES string of the molecule is COc1ccc(CNC(=O)N[C@H]2CC[C@@]3(c4ccc(OC)c(OC)c4)CCN(C)[C@@H]3C2)cc1. The van der Waals surface area contributed by atoms with E-state index in [9.17, 15) is 4.79 Å². The number of likely N-dealkylation sites (N-methyl/N-ethyl adjacent to an activating group) is 1. The van der Waals surface area contributed by atoms with Gasteiger partial charge >= 0.3 is 6.03 Å². The summed E-state index contributed by atoms with van der Waals surface area (Å²) in [5.41, 5.74) is 2.42. The fourth-order valence-corrected chi connectivity index (χ4v) is 5.56. The van der Waals surface area contributed by atoms with Gasteiger partial charge in [0.1, 0.15) is 5.75 Å². The van der Waals surface area contributed by atoms with Gasteiger partial charge in [0.05, 0.1) is 21.3 Å². The molecule has 2 fully saturated rings. The molecule has 0 spiro atoms. The molecule has 2 aromatic carbocycles. The van der Waals surface area contributed by atoms with E-state index < -0.39 is 0 Å². The van der Waals surface area contributed by atoms with Crippen LogP contribution in [0.4, 0.5) is 4.79 Å². The summed E-state index contributed by atoms with van der Waals surface area (Å²) < 4.78 is 16.2. The van der Waals surface area contributed by atoms with Crippen molar-refractivity contribution < 1.29 is 19.0 Å². The van der Waals surface area contributed by atoms with E-state index in [1.165, 1.54) is 5.56 Å². The van der Waals surface area contributed by atoms with Crippen LogP contribution in [0.3, 0.4) is 0 Å². The smallest absolute Gasteiger partial charge is 0.315 e. The molecule has 0 aromatic heterocycles. The standard InChI is InChI=1S/C26H35N3O4/c1-29-14-13-26(19-7-10-22(32-3)23(15-19)33-4)12-11-20(16-24(26)29)28-25(30)27-17-18-5-8-21(31-2)9-6-18/h5-10,15,20,24H,11-14,16-17H2,1-4H3,(H2,27,28,30)/t20-,24+,26-/m0/s1. The summed E-state index contributed by atoms with van der Waals surface area (Å²) >= 11 is 0. The average Bonchev–Trinajstić information content (AvgIpc) is 3.19. The maximum atomic E-state index is 12.6. The molecule has 1 aliphatic heterocycles. The molecule has 4 rings (SSSR count). The lowest BCUT2D eigenvalue weighted by Crippen LogP contribution is -2.53. The number of hydrogen-bond acceptors (Lipinski definition) is 5. The summed E-state index contributed by atoms with van der Waals surface area (Å²) in [5, 5.41) is 6.20. The average molecular weight is 454 g/mol. The first-order valence-corrected chi connectivity index (χ1v) is 11.6. The second-order valence-corrected chi connectivity index (χ2v) is 9.12. The van der Waals surface area contributed by atoms with E-state index in [-0.39, 0.29) is 17.5 Å². The van der Waals surface area contributed by atoms with Gasteiger partial charge in [-0.15, -0.1) is 0 Å². The Morgan fingerprint density at radius 3 is 2.48 bits per heavy atom. The Kier molecular flexibility index (Phi) is 6.98. The maximum absolute atomic E-state index is 12.6. The number of amides is 2. The summed E-state index contributed by atoms with van der Waals surface area (Å²) in [7, 11) is 7.19. The van der Waals surface area contributed by atoms with E-state index in [1.807, 2.05) is 30.3 Å². The number of carbonyl (C=O) groups is 1. The topological polar surface area (TPSA) is 72.1 Å². The lowest BCUT2D eigenvalue weighted by atomic mass is 9.65. The van der Waals surface area contributed by atoms with E-state index in [0.29, 0.717) is 12.6 Å². The fourth-order valence-electron chi connectivity index (χ4n) is 5.56. The number of carbonyl (C=O) groups excluding carboxylic acids is 1. The van der Waals surface area contributed by atoms with Gasteiger partial charge in [0.25, 0.3) is 0 Å². The highest BCUT2D eigenvalue weighted by atomic mass is 16.5. The Morgan fingerprint density at radius 2 is 1.79 bits per heavy atom. The summed E-state index contributed by atoms with van der Waals surface area (Å²) in [5.74, 6) is 2.34. The van der Waals surface area contributed by atoms with Gasteiger partial charge in [-0.25, -0.2) is 4.79 Å². The van der Waals surface area contributed by atoms with Crippen LogP contribution in [0.5, 0.6) is 17.2 Å². The van der Waals surface area contributed by atoms with Gasteiger partial charge in [-0.05, 0) is 74.7 Å². The molecule has 178 valence electrons. The van der Waals surface area contributed by atoms with Crippen molar-refractivity contribution in [1.82, 2.24) is 15.5 Å². The molecule has 1 heterocycles. The highest BCUT2D eigenvalue weighted by molar-refractivity contribution is 5.74. The molecule has 1 saturated carbocycles. The van der Waals surface area contributed by atoms with Gasteiger partial charge in [-0.3, -0.25) is 0 Å². The van der Waals surface area contributed by atoms with Gasteiger partial charge < -0.3 is 29.7 Å². The summed E-state index contributed by atoms with van der Waals surface area (Å²) in [4.78, 5) is 15.0. The number of benzene rings is 2. The second-order valence-electron chi connectivity index (χ2n) is 9.12. The number of fused-ring (bicyclic) bond motifs is 1. The second kappa shape index (κ2) is 9.91. The van der Waals surface area contributed by atoms with Crippen molar-refractivity contribution in [2.75, 3.05) is 34.9 Å².